The number of aliphatic hydroxyl groups is 1. The summed E-state index contributed by atoms with van der Waals surface area (Å²) < 4.78 is 0. The topological polar surface area (TPSA) is 78.4 Å². The summed E-state index contributed by atoms with van der Waals surface area (Å²) in [4.78, 5) is 23.7. The molecule has 0 unspecified atom stereocenters. The van der Waals surface area contributed by atoms with Gasteiger partial charge >= 0.3 is 11.8 Å². The molecule has 24 heavy (non-hydrogen) atoms. The number of nitrogens with one attached hydrogen (secondary N) is 2. The number of anilines is 1. The van der Waals surface area contributed by atoms with Gasteiger partial charge in [0.1, 0.15) is 0 Å². The van der Waals surface area contributed by atoms with Crippen LogP contribution in [0.25, 0.3) is 0 Å². The van der Waals surface area contributed by atoms with Crippen LogP contribution in [0.15, 0.2) is 48.5 Å². The monoisotopic (exact) mass is 342 g/mol. The molecule has 2 rings (SSSR count). The highest BCUT2D eigenvalue weighted by Crippen LogP contribution is 2.21. The Morgan fingerprint density at radius 1 is 1.17 bits per heavy atom. The maximum Gasteiger partial charge on any atom is 0.313 e. The molecule has 0 radical (unpaired) electrons. The Kier molecular flexibility index (Phi) is 5.96. The van der Waals surface area contributed by atoms with Crippen LogP contribution in [0.2, 0.25) is 5.02 Å². The van der Waals surface area contributed by atoms with E-state index in [9.17, 15) is 14.7 Å². The Hall–Kier alpha value is -2.81. The number of carbonyl (C=O) groups excluding carboxylic acids is 2. The Balaban J connectivity index is 1.91. The average molecular weight is 343 g/mol. The second kappa shape index (κ2) is 8.16. The molecule has 0 spiro atoms. The minimum absolute atomic E-state index is 0.139. The van der Waals surface area contributed by atoms with Crippen LogP contribution in [0.4, 0.5) is 5.69 Å². The summed E-state index contributed by atoms with van der Waals surface area (Å²) in [5.41, 5.74) is 1.47. The third-order valence-electron chi connectivity index (χ3n) is 3.21. The van der Waals surface area contributed by atoms with Crippen LogP contribution in [0.5, 0.6) is 0 Å². The van der Waals surface area contributed by atoms with E-state index in [1.807, 2.05) is 0 Å². The van der Waals surface area contributed by atoms with E-state index in [1.54, 1.807) is 48.5 Å². The Labute approximate surface area is 144 Å². The maximum atomic E-state index is 11.8. The molecular formula is C18H15ClN2O3. The lowest BCUT2D eigenvalue weighted by molar-refractivity contribution is -0.136. The molecule has 0 fully saturated rings. The van der Waals surface area contributed by atoms with Crippen LogP contribution in [0.1, 0.15) is 17.2 Å². The Morgan fingerprint density at radius 2 is 1.92 bits per heavy atom. The van der Waals surface area contributed by atoms with Gasteiger partial charge in [-0.1, -0.05) is 41.8 Å². The highest BCUT2D eigenvalue weighted by Gasteiger charge is 2.17. The SMILES string of the molecule is C#Cc1cccc(NC(=O)C(=O)NC[C@@H](O)c2ccccc2Cl)c1. The molecule has 2 amide bonds. The van der Waals surface area contributed by atoms with Gasteiger partial charge in [0.05, 0.1) is 6.10 Å². The summed E-state index contributed by atoms with van der Waals surface area (Å²) in [6.45, 7) is -0.139. The molecule has 122 valence electrons. The molecular weight excluding hydrogens is 328 g/mol. The van der Waals surface area contributed by atoms with Crippen LogP contribution >= 0.6 is 11.6 Å². The maximum absolute atomic E-state index is 11.8. The molecule has 0 aromatic heterocycles. The predicted octanol–water partition coefficient (Wildman–Crippen LogP) is 2.11. The van der Waals surface area contributed by atoms with E-state index in [2.05, 4.69) is 16.6 Å². The largest absolute Gasteiger partial charge is 0.387 e. The Morgan fingerprint density at radius 3 is 2.62 bits per heavy atom. The van der Waals surface area contributed by atoms with E-state index >= 15 is 0 Å². The van der Waals surface area contributed by atoms with Crippen molar-refractivity contribution in [3.8, 4) is 12.3 Å². The van der Waals surface area contributed by atoms with Crippen LogP contribution in [-0.2, 0) is 9.59 Å². The zero-order valence-electron chi connectivity index (χ0n) is 12.6. The van der Waals surface area contributed by atoms with Crippen molar-refractivity contribution in [3.05, 3.63) is 64.7 Å². The summed E-state index contributed by atoms with van der Waals surface area (Å²) in [6, 6.07) is 13.3. The van der Waals surface area contributed by atoms with Gasteiger partial charge in [-0.15, -0.1) is 6.42 Å². The molecule has 0 bridgehead atoms. The fraction of sp³-hybridized carbons (Fsp3) is 0.111. The van der Waals surface area contributed by atoms with E-state index in [4.69, 9.17) is 18.0 Å². The van der Waals surface area contributed by atoms with Crippen molar-refractivity contribution < 1.29 is 14.7 Å². The standard InChI is InChI=1S/C18H15ClN2O3/c1-2-12-6-5-7-13(10-12)21-18(24)17(23)20-11-16(22)14-8-3-4-9-15(14)19/h1,3-10,16,22H,11H2,(H,20,23)(H,21,24)/t16-/m1/s1. The smallest absolute Gasteiger partial charge is 0.313 e. The van der Waals surface area contributed by atoms with Crippen molar-refractivity contribution in [3.63, 3.8) is 0 Å². The van der Waals surface area contributed by atoms with Crippen molar-refractivity contribution in [1.29, 1.82) is 0 Å². The molecule has 1 atom stereocenters. The molecule has 0 saturated heterocycles. The molecule has 0 heterocycles. The minimum atomic E-state index is -1.01. The normalized spacial score (nSPS) is 11.2. The molecule has 2 aromatic rings. The van der Waals surface area contributed by atoms with Crippen molar-refractivity contribution in [2.75, 3.05) is 11.9 Å². The number of hydrogen-bond acceptors (Lipinski definition) is 3. The molecule has 0 aliphatic rings. The van der Waals surface area contributed by atoms with Gasteiger partial charge in [0.25, 0.3) is 0 Å². The van der Waals surface area contributed by atoms with E-state index in [-0.39, 0.29) is 6.54 Å². The number of halogens is 1. The molecule has 0 aliphatic heterocycles. The lowest BCUT2D eigenvalue weighted by atomic mass is 10.1. The average Bonchev–Trinajstić information content (AvgIpc) is 2.59. The van der Waals surface area contributed by atoms with Gasteiger partial charge in [-0.2, -0.15) is 0 Å². The minimum Gasteiger partial charge on any atom is -0.387 e. The van der Waals surface area contributed by atoms with Gasteiger partial charge in [-0.25, -0.2) is 0 Å². The summed E-state index contributed by atoms with van der Waals surface area (Å²) in [6.07, 6.45) is 4.26. The molecule has 0 saturated carbocycles. The lowest BCUT2D eigenvalue weighted by Gasteiger charge is -2.13. The molecule has 2 aromatic carbocycles. The first kappa shape index (κ1) is 17.5. The van der Waals surface area contributed by atoms with Gasteiger partial charge < -0.3 is 15.7 Å². The quantitative estimate of drug-likeness (QED) is 0.588. The highest BCUT2D eigenvalue weighted by molar-refractivity contribution is 6.39. The lowest BCUT2D eigenvalue weighted by Crippen LogP contribution is -2.37. The highest BCUT2D eigenvalue weighted by atomic mass is 35.5. The van der Waals surface area contributed by atoms with Crippen molar-refractivity contribution in [1.82, 2.24) is 5.32 Å². The molecule has 0 aliphatic carbocycles. The Bertz CT molecular complexity index is 799. The molecule has 6 heteroatoms. The molecule has 3 N–H and O–H groups in total. The third kappa shape index (κ3) is 4.59. The molecule has 5 nitrogen and oxygen atoms in total. The summed E-state index contributed by atoms with van der Waals surface area (Å²) in [5.74, 6) is 0.716. The van der Waals surface area contributed by atoms with Crippen LogP contribution in [0, 0.1) is 12.3 Å². The van der Waals surface area contributed by atoms with Gasteiger partial charge in [-0.3, -0.25) is 9.59 Å². The van der Waals surface area contributed by atoms with Crippen LogP contribution in [0.3, 0.4) is 0 Å². The number of carbonyl (C=O) groups is 2. The number of amides is 2. The second-order valence-corrected chi connectivity index (χ2v) is 5.33. The van der Waals surface area contributed by atoms with Crippen molar-refractivity contribution >= 4 is 29.1 Å². The first-order chi connectivity index (χ1) is 11.5. The fourth-order valence-corrected chi connectivity index (χ4v) is 2.26. The van der Waals surface area contributed by atoms with Crippen molar-refractivity contribution in [2.24, 2.45) is 0 Å². The number of benzene rings is 2. The van der Waals surface area contributed by atoms with Crippen LogP contribution in [-0.4, -0.2) is 23.5 Å². The van der Waals surface area contributed by atoms with E-state index < -0.39 is 17.9 Å². The number of aliphatic hydroxyl groups excluding tert-OH is 1. The van der Waals surface area contributed by atoms with E-state index in [0.29, 0.717) is 21.8 Å². The number of hydrogen-bond donors (Lipinski definition) is 3. The second-order valence-electron chi connectivity index (χ2n) is 4.93. The first-order valence-electron chi connectivity index (χ1n) is 7.09. The third-order valence-corrected chi connectivity index (χ3v) is 3.56. The van der Waals surface area contributed by atoms with Crippen molar-refractivity contribution in [2.45, 2.75) is 6.10 Å². The zero-order valence-corrected chi connectivity index (χ0v) is 13.4. The van der Waals surface area contributed by atoms with Gasteiger partial charge in [0.2, 0.25) is 0 Å². The predicted molar refractivity (Wildman–Crippen MR) is 92.4 cm³/mol. The van der Waals surface area contributed by atoms with Gasteiger partial charge in [-0.05, 0) is 24.3 Å². The summed E-state index contributed by atoms with van der Waals surface area (Å²) >= 11 is 5.96. The summed E-state index contributed by atoms with van der Waals surface area (Å²) in [7, 11) is 0. The zero-order chi connectivity index (χ0) is 17.5. The number of terminal acetylenes is 1. The van der Waals surface area contributed by atoms with Gasteiger partial charge in [0, 0.05) is 28.4 Å². The van der Waals surface area contributed by atoms with Gasteiger partial charge in [0.15, 0.2) is 0 Å². The number of rotatable bonds is 4. The summed E-state index contributed by atoms with van der Waals surface area (Å²) in [5, 5.41) is 15.2. The van der Waals surface area contributed by atoms with E-state index in [0.717, 1.165) is 0 Å². The fourth-order valence-electron chi connectivity index (χ4n) is 2.00. The first-order valence-corrected chi connectivity index (χ1v) is 7.47. The van der Waals surface area contributed by atoms with Crippen LogP contribution < -0.4 is 10.6 Å². The van der Waals surface area contributed by atoms with E-state index in [1.165, 1.54) is 0 Å².